The molecular weight excluding hydrogens is 398 g/mol. The number of hydrogen-bond donors (Lipinski definition) is 0. The Morgan fingerprint density at radius 1 is 0.933 bits per heavy atom. The Labute approximate surface area is 179 Å². The number of aromatic nitrogens is 3. The molecule has 2 heterocycles. The van der Waals surface area contributed by atoms with E-state index in [4.69, 9.17) is 16.6 Å². The first-order valence-corrected chi connectivity index (χ1v) is 10.4. The lowest BCUT2D eigenvalue weighted by molar-refractivity contribution is 0.103. The highest BCUT2D eigenvalue weighted by molar-refractivity contribution is 6.30. The molecule has 4 aromatic rings. The van der Waals surface area contributed by atoms with Crippen LogP contribution in [0.4, 0.5) is 0 Å². The number of rotatable bonds is 6. The lowest BCUT2D eigenvalue weighted by Crippen LogP contribution is -2.22. The largest absolute Gasteiger partial charge is 0.312 e. The van der Waals surface area contributed by atoms with Gasteiger partial charge in [-0.05, 0) is 42.7 Å². The van der Waals surface area contributed by atoms with Crippen molar-refractivity contribution in [3.8, 4) is 0 Å². The third-order valence-corrected chi connectivity index (χ3v) is 5.54. The van der Waals surface area contributed by atoms with Gasteiger partial charge in [0.15, 0.2) is 5.78 Å². The molecule has 6 heteroatoms. The Morgan fingerprint density at radius 2 is 1.57 bits per heavy atom. The summed E-state index contributed by atoms with van der Waals surface area (Å²) < 4.78 is 3.56. The predicted molar refractivity (Wildman–Crippen MR) is 119 cm³/mol. The van der Waals surface area contributed by atoms with Crippen molar-refractivity contribution >= 4 is 23.2 Å². The second-order valence-corrected chi connectivity index (χ2v) is 7.61. The van der Waals surface area contributed by atoms with Crippen molar-refractivity contribution in [2.75, 3.05) is 0 Å². The number of nitrogens with zero attached hydrogens (tertiary/aromatic N) is 3. The van der Waals surface area contributed by atoms with E-state index in [9.17, 15) is 9.59 Å². The third-order valence-electron chi connectivity index (χ3n) is 5.29. The van der Waals surface area contributed by atoms with Gasteiger partial charge in [0, 0.05) is 34.1 Å². The molecule has 0 aliphatic rings. The molecule has 4 rings (SSSR count). The normalized spacial score (nSPS) is 11.2. The monoisotopic (exact) mass is 419 g/mol. The van der Waals surface area contributed by atoms with Gasteiger partial charge >= 0.3 is 0 Å². The Balaban J connectivity index is 1.61. The number of imidazole rings is 1. The summed E-state index contributed by atoms with van der Waals surface area (Å²) in [5.74, 6) is 0.591. The summed E-state index contributed by atoms with van der Waals surface area (Å²) in [6, 6.07) is 14.4. The number of carbonyl (C=O) groups excluding carboxylic acids is 1. The molecule has 30 heavy (non-hydrogen) atoms. The first-order valence-electron chi connectivity index (χ1n) is 10.00. The van der Waals surface area contributed by atoms with Gasteiger partial charge in [0.2, 0.25) is 5.78 Å². The average molecular weight is 420 g/mol. The highest BCUT2D eigenvalue weighted by Crippen LogP contribution is 2.16. The van der Waals surface area contributed by atoms with Crippen LogP contribution in [-0.2, 0) is 19.4 Å². The summed E-state index contributed by atoms with van der Waals surface area (Å²) in [5, 5.41) is 0.603. The van der Waals surface area contributed by atoms with Gasteiger partial charge in [-0.2, -0.15) is 0 Å². The maximum Gasteiger partial charge on any atom is 0.262 e. The predicted octanol–water partition coefficient (Wildman–Crippen LogP) is 4.55. The molecule has 0 amide bonds. The van der Waals surface area contributed by atoms with Gasteiger partial charge in [-0.25, -0.2) is 4.98 Å². The van der Waals surface area contributed by atoms with E-state index in [1.165, 1.54) is 0 Å². The zero-order valence-corrected chi connectivity index (χ0v) is 17.7. The van der Waals surface area contributed by atoms with Crippen LogP contribution in [-0.4, -0.2) is 19.7 Å². The quantitative estimate of drug-likeness (QED) is 0.431. The topological polar surface area (TPSA) is 56.4 Å². The average Bonchev–Trinajstić information content (AvgIpc) is 3.17. The molecule has 152 valence electrons. The van der Waals surface area contributed by atoms with E-state index in [2.05, 4.69) is 0 Å². The first kappa shape index (κ1) is 20.1. The van der Waals surface area contributed by atoms with Crippen LogP contribution < -0.4 is 5.56 Å². The van der Waals surface area contributed by atoms with Crippen LogP contribution in [0.2, 0.25) is 5.02 Å². The van der Waals surface area contributed by atoms with E-state index in [1.807, 2.05) is 48.9 Å². The van der Waals surface area contributed by atoms with Crippen molar-refractivity contribution in [1.29, 1.82) is 0 Å². The molecule has 0 aliphatic carbocycles. The van der Waals surface area contributed by atoms with Crippen molar-refractivity contribution in [1.82, 2.24) is 14.0 Å². The van der Waals surface area contributed by atoms with Gasteiger partial charge in [0.25, 0.3) is 5.56 Å². The number of halogens is 1. The molecular formula is C24H22ClN3O2. The zero-order valence-electron chi connectivity index (χ0n) is 16.9. The third kappa shape index (κ3) is 3.68. The number of ketones is 1. The molecule has 0 saturated heterocycles. The standard InChI is InChI=1S/C24H22ClN3O2/c1-3-20-21(4-2)26-24-27(13-14-28(24)23(20)30)15-16-5-7-17(8-6-16)22(29)18-9-11-19(25)12-10-18/h5-14H,3-4,15H2,1-2H3. The Morgan fingerprint density at radius 3 is 2.17 bits per heavy atom. The Kier molecular flexibility index (Phi) is 5.55. The van der Waals surface area contributed by atoms with Crippen molar-refractivity contribution in [3.63, 3.8) is 0 Å². The van der Waals surface area contributed by atoms with Crippen LogP contribution in [0, 0.1) is 0 Å². The lowest BCUT2D eigenvalue weighted by Gasteiger charge is -2.09. The molecule has 0 atom stereocenters. The van der Waals surface area contributed by atoms with Crippen molar-refractivity contribution in [2.24, 2.45) is 0 Å². The van der Waals surface area contributed by atoms with E-state index in [1.54, 1.807) is 34.9 Å². The number of carbonyl (C=O) groups is 1. The minimum atomic E-state index is -0.0440. The minimum absolute atomic E-state index is 0.00186. The van der Waals surface area contributed by atoms with Crippen LogP contribution in [0.1, 0.15) is 46.6 Å². The fourth-order valence-electron chi connectivity index (χ4n) is 3.65. The number of aryl methyl sites for hydroxylation is 1. The van der Waals surface area contributed by atoms with E-state index in [0.29, 0.717) is 34.9 Å². The molecule has 5 nitrogen and oxygen atoms in total. The van der Waals surface area contributed by atoms with Gasteiger partial charge in [0.05, 0.1) is 12.2 Å². The van der Waals surface area contributed by atoms with Gasteiger partial charge in [0.1, 0.15) is 0 Å². The zero-order chi connectivity index (χ0) is 21.3. The molecule has 0 saturated carbocycles. The van der Waals surface area contributed by atoms with Gasteiger partial charge in [-0.3, -0.25) is 14.0 Å². The van der Waals surface area contributed by atoms with E-state index >= 15 is 0 Å². The summed E-state index contributed by atoms with van der Waals surface area (Å²) in [4.78, 5) is 30.1. The fourth-order valence-corrected chi connectivity index (χ4v) is 3.78. The van der Waals surface area contributed by atoms with Gasteiger partial charge in [-0.15, -0.1) is 0 Å². The second-order valence-electron chi connectivity index (χ2n) is 7.18. The highest BCUT2D eigenvalue weighted by Gasteiger charge is 2.13. The number of benzene rings is 2. The van der Waals surface area contributed by atoms with Gasteiger partial charge < -0.3 is 4.57 Å². The van der Waals surface area contributed by atoms with Crippen LogP contribution in [0.25, 0.3) is 5.78 Å². The van der Waals surface area contributed by atoms with Crippen molar-refractivity contribution in [2.45, 2.75) is 33.2 Å². The maximum atomic E-state index is 12.7. The summed E-state index contributed by atoms with van der Waals surface area (Å²) in [7, 11) is 0. The number of fused-ring (bicyclic) bond motifs is 1. The summed E-state index contributed by atoms with van der Waals surface area (Å²) in [6.07, 6.45) is 5.03. The molecule has 0 aliphatic heterocycles. The molecule has 0 N–H and O–H groups in total. The summed E-state index contributed by atoms with van der Waals surface area (Å²) in [6.45, 7) is 4.56. The maximum absolute atomic E-state index is 12.7. The van der Waals surface area contributed by atoms with Crippen LogP contribution in [0.5, 0.6) is 0 Å². The smallest absolute Gasteiger partial charge is 0.262 e. The summed E-state index contributed by atoms with van der Waals surface area (Å²) >= 11 is 5.90. The molecule has 0 radical (unpaired) electrons. The lowest BCUT2D eigenvalue weighted by atomic mass is 10.0. The Bertz CT molecular complexity index is 1270. The first-order chi connectivity index (χ1) is 14.5. The Hall–Kier alpha value is -3.18. The molecule has 2 aromatic heterocycles. The van der Waals surface area contributed by atoms with E-state index < -0.39 is 0 Å². The van der Waals surface area contributed by atoms with Crippen LogP contribution in [0.15, 0.2) is 65.7 Å². The molecule has 0 fully saturated rings. The fraction of sp³-hybridized carbons (Fsp3) is 0.208. The highest BCUT2D eigenvalue weighted by atomic mass is 35.5. The van der Waals surface area contributed by atoms with Crippen LogP contribution >= 0.6 is 11.6 Å². The van der Waals surface area contributed by atoms with E-state index in [0.717, 1.165) is 23.2 Å². The van der Waals surface area contributed by atoms with E-state index in [-0.39, 0.29) is 11.3 Å². The molecule has 0 spiro atoms. The van der Waals surface area contributed by atoms with Gasteiger partial charge in [-0.1, -0.05) is 49.7 Å². The van der Waals surface area contributed by atoms with Crippen molar-refractivity contribution in [3.05, 3.63) is 104 Å². The SMILES string of the molecule is CCc1nc2n(Cc3ccc(C(=O)c4ccc(Cl)cc4)cc3)ccn2c(=O)c1CC. The minimum Gasteiger partial charge on any atom is -0.312 e. The second kappa shape index (κ2) is 8.28. The van der Waals surface area contributed by atoms with Crippen molar-refractivity contribution < 1.29 is 4.79 Å². The molecule has 2 aromatic carbocycles. The number of hydrogen-bond acceptors (Lipinski definition) is 3. The summed E-state index contributed by atoms with van der Waals surface area (Å²) in [5.41, 5.74) is 3.87. The molecule has 0 unspecified atom stereocenters. The molecule has 0 bridgehead atoms. The van der Waals surface area contributed by atoms with Crippen LogP contribution in [0.3, 0.4) is 0 Å².